The number of aryl methyl sites for hydroxylation is 5. The van der Waals surface area contributed by atoms with Crippen molar-refractivity contribution in [1.82, 2.24) is 0 Å². The Hall–Kier alpha value is -14.3. The Bertz CT molecular complexity index is 5830. The van der Waals surface area contributed by atoms with Crippen LogP contribution in [0, 0.1) is 34.6 Å². The molecule has 5 nitrogen and oxygen atoms in total. The molecule has 0 fully saturated rings. The van der Waals surface area contributed by atoms with E-state index in [1.165, 1.54) is 134 Å². The van der Waals surface area contributed by atoms with E-state index in [0.717, 1.165) is 11.4 Å². The third-order valence-electron chi connectivity index (χ3n) is 19.5. The van der Waals surface area contributed by atoms with Crippen molar-refractivity contribution in [2.24, 2.45) is 0 Å². The lowest BCUT2D eigenvalue weighted by Gasteiger charge is -2.27. The number of hydrogen-bond donors (Lipinski definition) is 0. The lowest BCUT2D eigenvalue weighted by atomic mass is 10.1. The summed E-state index contributed by atoms with van der Waals surface area (Å²) in [6, 6.07) is 162. The van der Waals surface area contributed by atoms with Gasteiger partial charge in [0.05, 0.1) is 11.4 Å². The fraction of sp³-hybridized carbons (Fsp3) is 0.0467. The van der Waals surface area contributed by atoms with E-state index >= 15 is 0 Å². The normalized spacial score (nSPS) is 10.5. The van der Waals surface area contributed by atoms with Crippen molar-refractivity contribution in [2.45, 2.75) is 34.6 Å². The van der Waals surface area contributed by atoms with Gasteiger partial charge in [-0.2, -0.15) is 0 Å². The summed E-state index contributed by atoms with van der Waals surface area (Å²) in [6.45, 7) is 10.6. The first-order valence-corrected chi connectivity index (χ1v) is 38.3. The molecule has 0 amide bonds. The summed E-state index contributed by atoms with van der Waals surface area (Å²) < 4.78 is 0. The van der Waals surface area contributed by atoms with Gasteiger partial charge in [-0.1, -0.05) is 308 Å². The minimum atomic E-state index is 1.16. The summed E-state index contributed by atoms with van der Waals surface area (Å²) in [5.74, 6) is 0. The van der Waals surface area contributed by atoms with Crippen molar-refractivity contribution in [3.8, 4) is 0 Å². The summed E-state index contributed by atoms with van der Waals surface area (Å²) in [4.78, 5) is 11.5. The number of nitrogens with zero attached hydrogens (tertiary/aromatic N) is 5. The van der Waals surface area contributed by atoms with Gasteiger partial charge in [0.2, 0.25) is 0 Å². The lowest BCUT2D eigenvalue weighted by molar-refractivity contribution is 1.27. The molecule has 0 unspecified atom stereocenters. The molecule has 0 N–H and O–H groups in total. The summed E-state index contributed by atoms with van der Waals surface area (Å²) >= 11 is 0. The third kappa shape index (κ3) is 18.8. The van der Waals surface area contributed by atoms with E-state index in [-0.39, 0.29) is 0 Å². The Kier molecular flexibility index (Phi) is 24.7. The Morgan fingerprint density at radius 3 is 0.679 bits per heavy atom. The second-order valence-electron chi connectivity index (χ2n) is 27.7. The van der Waals surface area contributed by atoms with Gasteiger partial charge < -0.3 is 24.5 Å². The lowest BCUT2D eigenvalue weighted by Crippen LogP contribution is -2.10. The number of anilines is 15. The largest absolute Gasteiger partial charge is 0.311 e. The molecule has 544 valence electrons. The van der Waals surface area contributed by atoms with Crippen molar-refractivity contribution in [3.05, 3.63) is 489 Å². The van der Waals surface area contributed by atoms with Crippen molar-refractivity contribution >= 4 is 118 Å². The van der Waals surface area contributed by atoms with Crippen LogP contribution in [-0.2, 0) is 0 Å². The molecule has 18 rings (SSSR count). The highest BCUT2D eigenvalue weighted by Gasteiger charge is 2.19. The molecule has 0 aliphatic heterocycles. The zero-order valence-corrected chi connectivity index (χ0v) is 64.1. The van der Waals surface area contributed by atoms with E-state index in [2.05, 4.69) is 496 Å². The van der Waals surface area contributed by atoms with Gasteiger partial charge in [-0.3, -0.25) is 0 Å². The molecule has 0 radical (unpaired) electrons. The first-order chi connectivity index (χ1) is 55.1. The molecule has 18 aromatic carbocycles. The minimum Gasteiger partial charge on any atom is -0.311 e. The fourth-order valence-corrected chi connectivity index (χ4v) is 14.0. The maximum atomic E-state index is 2.33. The van der Waals surface area contributed by atoms with Crippen LogP contribution in [0.15, 0.2) is 461 Å². The molecule has 0 aliphatic rings. The summed E-state index contributed by atoms with van der Waals surface area (Å²) in [6.07, 6.45) is 0. The molecule has 0 saturated carbocycles. The van der Waals surface area contributed by atoms with Crippen LogP contribution in [0.1, 0.15) is 27.8 Å². The predicted octanol–water partition coefficient (Wildman–Crippen LogP) is 30.8. The Balaban J connectivity index is 0.000000117. The maximum absolute atomic E-state index is 2.33. The van der Waals surface area contributed by atoms with Crippen LogP contribution in [-0.4, -0.2) is 0 Å². The van der Waals surface area contributed by atoms with E-state index in [0.29, 0.717) is 0 Å². The van der Waals surface area contributed by atoms with Crippen LogP contribution in [0.2, 0.25) is 0 Å². The average Bonchev–Trinajstić information content (AvgIpc) is 0.822. The minimum absolute atomic E-state index is 1.16. The van der Waals surface area contributed by atoms with E-state index in [9.17, 15) is 0 Å². The highest BCUT2D eigenvalue weighted by atomic mass is 15.2. The molecule has 0 spiro atoms. The number of fused-ring (bicyclic) bond motifs is 3. The Labute approximate surface area is 661 Å². The quantitative estimate of drug-likeness (QED) is 0.101. The topological polar surface area (TPSA) is 16.2 Å². The molecule has 112 heavy (non-hydrogen) atoms. The molecule has 0 saturated heterocycles. The molecule has 0 heterocycles. The molecule has 5 heteroatoms. The number of para-hydroxylation sites is 7. The van der Waals surface area contributed by atoms with Crippen molar-refractivity contribution < 1.29 is 0 Å². The number of rotatable bonds is 15. The monoisotopic (exact) mass is 1450 g/mol. The number of benzene rings is 18. The van der Waals surface area contributed by atoms with Crippen LogP contribution in [0.25, 0.3) is 32.3 Å². The molecule has 0 atom stereocenters. The van der Waals surface area contributed by atoms with Crippen molar-refractivity contribution in [1.29, 1.82) is 0 Å². The summed E-state index contributed by atoms with van der Waals surface area (Å²) in [5, 5.41) is 7.53. The van der Waals surface area contributed by atoms with E-state index in [4.69, 9.17) is 0 Å². The first-order valence-electron chi connectivity index (χ1n) is 38.3. The van der Waals surface area contributed by atoms with Gasteiger partial charge in [0, 0.05) is 84.7 Å². The molecular weight excluding hydrogens is 1360 g/mol. The van der Waals surface area contributed by atoms with Gasteiger partial charge in [0.1, 0.15) is 0 Å². The first kappa shape index (κ1) is 74.6. The second-order valence-corrected chi connectivity index (χ2v) is 27.7. The van der Waals surface area contributed by atoms with Crippen LogP contribution in [0.3, 0.4) is 0 Å². The highest BCUT2D eigenvalue weighted by Crippen LogP contribution is 2.43. The van der Waals surface area contributed by atoms with Gasteiger partial charge in [-0.25, -0.2) is 0 Å². The van der Waals surface area contributed by atoms with Gasteiger partial charge in [0.15, 0.2) is 0 Å². The Morgan fingerprint density at radius 2 is 0.339 bits per heavy atom. The zero-order chi connectivity index (χ0) is 76.6. The third-order valence-corrected chi connectivity index (χ3v) is 19.5. The predicted molar refractivity (Wildman–Crippen MR) is 482 cm³/mol. The summed E-state index contributed by atoms with van der Waals surface area (Å²) in [5.41, 5.74) is 23.9. The van der Waals surface area contributed by atoms with Crippen molar-refractivity contribution in [2.75, 3.05) is 24.5 Å². The highest BCUT2D eigenvalue weighted by molar-refractivity contribution is 6.00. The van der Waals surface area contributed by atoms with Crippen LogP contribution in [0.5, 0.6) is 0 Å². The summed E-state index contributed by atoms with van der Waals surface area (Å²) in [7, 11) is 0. The van der Waals surface area contributed by atoms with E-state index in [1.54, 1.807) is 0 Å². The van der Waals surface area contributed by atoms with Crippen LogP contribution < -0.4 is 24.5 Å². The molecule has 18 aromatic rings. The van der Waals surface area contributed by atoms with Gasteiger partial charge in [0.25, 0.3) is 0 Å². The second kappa shape index (κ2) is 37.0. The van der Waals surface area contributed by atoms with Crippen molar-refractivity contribution in [3.63, 3.8) is 0 Å². The zero-order valence-electron chi connectivity index (χ0n) is 64.1. The molecular formula is C107H91N5. The number of hydrogen-bond acceptors (Lipinski definition) is 5. The van der Waals surface area contributed by atoms with Gasteiger partial charge >= 0.3 is 0 Å². The average molecular weight is 1450 g/mol. The SMILES string of the molecule is Cc1ccc(N(c2ccccc2)c2ccc3ccccc3c2)cc1.Cc1ccc(N(c2ccccc2)c2cccc3ccccc23)cc1.Cc1ccc(N(c2ccccc2)c2ccccc2)cc1.Cc1cccc(N(c2ccccc2)c2cccc3ccccc23)c1.Cc1cccc(N(c2ccccc2)c2ccccc2)c1. The van der Waals surface area contributed by atoms with Crippen LogP contribution in [0.4, 0.5) is 85.3 Å². The van der Waals surface area contributed by atoms with E-state index < -0.39 is 0 Å². The Morgan fingerprint density at radius 1 is 0.125 bits per heavy atom. The van der Waals surface area contributed by atoms with Gasteiger partial charge in [-0.05, 0) is 237 Å². The molecule has 0 aromatic heterocycles. The van der Waals surface area contributed by atoms with E-state index in [1.807, 2.05) is 24.3 Å². The molecule has 0 bridgehead atoms. The van der Waals surface area contributed by atoms with Crippen LogP contribution >= 0.6 is 0 Å². The smallest absolute Gasteiger partial charge is 0.0540 e. The molecule has 0 aliphatic carbocycles. The standard InChI is InChI=1S/3C23H19N.2C19H17N/c1-18-9-7-14-21(17-18)24(20-12-3-2-4-13-20)23-16-8-11-19-10-5-6-15-22(19)23;1-18-14-16-21(17-15-18)24(20-10-3-2-4-11-20)23-13-7-9-19-8-5-6-12-22(19)23;1-18-11-14-22(15-12-18)24(21-9-3-2-4-10-21)23-16-13-19-7-5-6-8-20(19)17-23;1-16-9-8-14-19(15-16)20(17-10-4-2-5-11-17)18-12-6-3-7-13-18;1-16-12-14-19(15-13-16)20(17-8-4-2-5-9-17)18-10-6-3-7-11-18/h3*2-17H,1H3;2*2-15H,1H3. The van der Waals surface area contributed by atoms with Gasteiger partial charge in [-0.15, -0.1) is 0 Å². The fourth-order valence-electron chi connectivity index (χ4n) is 14.0. The maximum Gasteiger partial charge on any atom is 0.0540 e.